The third-order valence-electron chi connectivity index (χ3n) is 6.22. The molecule has 2 rings (SSSR count). The van der Waals surface area contributed by atoms with Crippen LogP contribution in [-0.4, -0.2) is 22.8 Å². The first-order valence-electron chi connectivity index (χ1n) is 12.0. The number of hydrogen-bond acceptors (Lipinski definition) is 2. The molecule has 0 aliphatic carbocycles. The number of benzene rings is 1. The highest BCUT2D eigenvalue weighted by Crippen LogP contribution is 2.30. The first-order chi connectivity index (χ1) is 14.6. The van der Waals surface area contributed by atoms with Crippen LogP contribution in [0.15, 0.2) is 18.2 Å². The quantitative estimate of drug-likeness (QED) is 0.293. The van der Waals surface area contributed by atoms with E-state index in [9.17, 15) is 9.90 Å². The SMILES string of the molecule is CCCCCCCCCCCCCCn1c(C)c(CC(=O)O)c2cc(OC)ccc21. The first-order valence-corrected chi connectivity index (χ1v) is 12.0. The highest BCUT2D eigenvalue weighted by atomic mass is 16.5. The Balaban J connectivity index is 1.78. The molecular weight excluding hydrogens is 374 g/mol. The van der Waals surface area contributed by atoms with Crippen molar-refractivity contribution in [1.29, 1.82) is 0 Å². The summed E-state index contributed by atoms with van der Waals surface area (Å²) < 4.78 is 7.65. The average Bonchev–Trinajstić information content (AvgIpc) is 2.99. The monoisotopic (exact) mass is 415 g/mol. The van der Waals surface area contributed by atoms with Crippen LogP contribution in [0, 0.1) is 6.92 Å². The summed E-state index contributed by atoms with van der Waals surface area (Å²) in [5.74, 6) is -0.0121. The molecule has 4 nitrogen and oxygen atoms in total. The molecule has 0 fully saturated rings. The number of aromatic nitrogens is 1. The van der Waals surface area contributed by atoms with Crippen LogP contribution in [0.5, 0.6) is 5.75 Å². The lowest BCUT2D eigenvalue weighted by Gasteiger charge is -2.09. The predicted octanol–water partition coefficient (Wildman–Crippen LogP) is 7.29. The number of carboxylic acids is 1. The summed E-state index contributed by atoms with van der Waals surface area (Å²) in [6.45, 7) is 5.27. The highest BCUT2D eigenvalue weighted by Gasteiger charge is 2.16. The number of nitrogens with zero attached hydrogens (tertiary/aromatic N) is 1. The van der Waals surface area contributed by atoms with E-state index in [1.165, 1.54) is 70.6 Å². The zero-order valence-corrected chi connectivity index (χ0v) is 19.3. The van der Waals surface area contributed by atoms with Crippen molar-refractivity contribution in [2.45, 2.75) is 104 Å². The van der Waals surface area contributed by atoms with Crippen LogP contribution in [0.3, 0.4) is 0 Å². The van der Waals surface area contributed by atoms with Crippen LogP contribution in [0.4, 0.5) is 0 Å². The third kappa shape index (κ3) is 7.37. The Kier molecular flexibility index (Phi) is 10.8. The van der Waals surface area contributed by atoms with E-state index in [0.717, 1.165) is 40.9 Å². The number of methoxy groups -OCH3 is 1. The topological polar surface area (TPSA) is 51.5 Å². The Morgan fingerprint density at radius 1 is 0.933 bits per heavy atom. The van der Waals surface area contributed by atoms with Crippen LogP contribution in [0.1, 0.15) is 95.2 Å². The maximum absolute atomic E-state index is 11.4. The fourth-order valence-electron chi connectivity index (χ4n) is 4.43. The molecule has 168 valence electrons. The van der Waals surface area contributed by atoms with Gasteiger partial charge in [-0.3, -0.25) is 4.79 Å². The van der Waals surface area contributed by atoms with Gasteiger partial charge < -0.3 is 14.4 Å². The van der Waals surface area contributed by atoms with Crippen LogP contribution >= 0.6 is 0 Å². The fourth-order valence-corrected chi connectivity index (χ4v) is 4.43. The lowest BCUT2D eigenvalue weighted by molar-refractivity contribution is -0.136. The number of carbonyl (C=O) groups is 1. The second-order valence-corrected chi connectivity index (χ2v) is 8.56. The molecule has 0 aliphatic rings. The lowest BCUT2D eigenvalue weighted by atomic mass is 10.1. The van der Waals surface area contributed by atoms with Gasteiger partial charge in [0, 0.05) is 23.1 Å². The molecule has 1 heterocycles. The van der Waals surface area contributed by atoms with Crippen molar-refractivity contribution in [3.63, 3.8) is 0 Å². The number of aryl methyl sites for hydroxylation is 1. The Morgan fingerprint density at radius 2 is 1.50 bits per heavy atom. The summed E-state index contributed by atoms with van der Waals surface area (Å²) in [6.07, 6.45) is 16.1. The Bertz CT molecular complexity index is 778. The van der Waals surface area contributed by atoms with Gasteiger partial charge in [-0.2, -0.15) is 0 Å². The second-order valence-electron chi connectivity index (χ2n) is 8.56. The molecule has 0 aliphatic heterocycles. The highest BCUT2D eigenvalue weighted by molar-refractivity contribution is 5.90. The van der Waals surface area contributed by atoms with E-state index in [-0.39, 0.29) is 6.42 Å². The molecule has 1 aromatic heterocycles. The van der Waals surface area contributed by atoms with E-state index >= 15 is 0 Å². The zero-order valence-electron chi connectivity index (χ0n) is 19.3. The maximum atomic E-state index is 11.4. The second kappa shape index (κ2) is 13.4. The summed E-state index contributed by atoms with van der Waals surface area (Å²) >= 11 is 0. The molecular formula is C26H41NO3. The minimum Gasteiger partial charge on any atom is -0.497 e. The fraction of sp³-hybridized carbons (Fsp3) is 0.654. The van der Waals surface area contributed by atoms with E-state index in [4.69, 9.17) is 4.74 Å². The number of rotatable bonds is 16. The molecule has 0 radical (unpaired) electrons. The molecule has 0 atom stereocenters. The van der Waals surface area contributed by atoms with Gasteiger partial charge in [-0.05, 0) is 37.1 Å². The van der Waals surface area contributed by atoms with Crippen molar-refractivity contribution in [3.8, 4) is 5.75 Å². The van der Waals surface area contributed by atoms with Gasteiger partial charge in [0.15, 0.2) is 0 Å². The van der Waals surface area contributed by atoms with E-state index < -0.39 is 5.97 Å². The van der Waals surface area contributed by atoms with Gasteiger partial charge in [0.1, 0.15) is 5.75 Å². The summed E-state index contributed by atoms with van der Waals surface area (Å²) in [5, 5.41) is 10.3. The van der Waals surface area contributed by atoms with Gasteiger partial charge in [0.05, 0.1) is 13.5 Å². The van der Waals surface area contributed by atoms with Gasteiger partial charge in [0.2, 0.25) is 0 Å². The minimum absolute atomic E-state index is 0.0565. The Labute approximate surface area is 182 Å². The predicted molar refractivity (Wildman–Crippen MR) is 126 cm³/mol. The Morgan fingerprint density at radius 3 is 2.03 bits per heavy atom. The number of unbranched alkanes of at least 4 members (excludes halogenated alkanes) is 11. The van der Waals surface area contributed by atoms with E-state index in [1.54, 1.807) is 7.11 Å². The number of aliphatic carboxylic acids is 1. The molecule has 0 spiro atoms. The van der Waals surface area contributed by atoms with Crippen molar-refractivity contribution >= 4 is 16.9 Å². The number of fused-ring (bicyclic) bond motifs is 1. The molecule has 0 amide bonds. The molecule has 0 bridgehead atoms. The lowest BCUT2D eigenvalue weighted by Crippen LogP contribution is -2.04. The van der Waals surface area contributed by atoms with E-state index in [2.05, 4.69) is 17.6 Å². The average molecular weight is 416 g/mol. The van der Waals surface area contributed by atoms with Gasteiger partial charge >= 0.3 is 5.97 Å². The van der Waals surface area contributed by atoms with Gasteiger partial charge in [-0.25, -0.2) is 0 Å². The van der Waals surface area contributed by atoms with E-state index in [0.29, 0.717) is 0 Å². The standard InChI is InChI=1S/C26H41NO3/c1-4-5-6-7-8-9-10-11-12-13-14-15-18-27-21(2)23(20-26(28)29)24-19-22(30-3)16-17-25(24)27/h16-17,19H,4-15,18,20H2,1-3H3,(H,28,29). The summed E-state index contributed by atoms with van der Waals surface area (Å²) in [4.78, 5) is 11.4. The van der Waals surface area contributed by atoms with Gasteiger partial charge in [0.25, 0.3) is 0 Å². The molecule has 0 unspecified atom stereocenters. The van der Waals surface area contributed by atoms with Crippen molar-refractivity contribution in [1.82, 2.24) is 4.57 Å². The molecule has 2 aromatic rings. The first kappa shape index (κ1) is 24.3. The number of ether oxygens (including phenoxy) is 1. The zero-order chi connectivity index (χ0) is 21.8. The summed E-state index contributed by atoms with van der Waals surface area (Å²) in [7, 11) is 1.65. The molecule has 1 aromatic carbocycles. The van der Waals surface area contributed by atoms with Crippen LogP contribution in [0.2, 0.25) is 0 Å². The smallest absolute Gasteiger partial charge is 0.307 e. The Hall–Kier alpha value is -1.97. The van der Waals surface area contributed by atoms with Crippen molar-refractivity contribution in [2.75, 3.05) is 7.11 Å². The van der Waals surface area contributed by atoms with Gasteiger partial charge in [-0.1, -0.05) is 77.6 Å². The molecule has 0 saturated heterocycles. The van der Waals surface area contributed by atoms with E-state index in [1.807, 2.05) is 19.1 Å². The van der Waals surface area contributed by atoms with Crippen molar-refractivity contribution in [3.05, 3.63) is 29.5 Å². The molecule has 4 heteroatoms. The van der Waals surface area contributed by atoms with Crippen molar-refractivity contribution < 1.29 is 14.6 Å². The minimum atomic E-state index is -0.787. The third-order valence-corrected chi connectivity index (χ3v) is 6.22. The van der Waals surface area contributed by atoms with Crippen LogP contribution < -0.4 is 4.74 Å². The summed E-state index contributed by atoms with van der Waals surface area (Å²) in [6, 6.07) is 6.00. The maximum Gasteiger partial charge on any atom is 0.307 e. The molecule has 0 saturated carbocycles. The molecule has 1 N–H and O–H groups in total. The summed E-state index contributed by atoms with van der Waals surface area (Å²) in [5.41, 5.74) is 3.10. The molecule has 30 heavy (non-hydrogen) atoms. The van der Waals surface area contributed by atoms with Gasteiger partial charge in [-0.15, -0.1) is 0 Å². The normalized spacial score (nSPS) is 11.3. The van der Waals surface area contributed by atoms with Crippen molar-refractivity contribution in [2.24, 2.45) is 0 Å². The largest absolute Gasteiger partial charge is 0.497 e. The number of hydrogen-bond donors (Lipinski definition) is 1. The number of carboxylic acid groups (broad SMARTS) is 1. The van der Waals surface area contributed by atoms with Crippen LogP contribution in [0.25, 0.3) is 10.9 Å². The van der Waals surface area contributed by atoms with Crippen LogP contribution in [-0.2, 0) is 17.8 Å².